The lowest BCUT2D eigenvalue weighted by molar-refractivity contribution is 0.627. The molecule has 0 aliphatic rings. The molecule has 1 heterocycles. The Morgan fingerprint density at radius 1 is 1.10 bits per heavy atom. The molecule has 5 nitrogen and oxygen atoms in total. The number of hydrogen-bond donors (Lipinski definition) is 2. The Hall–Kier alpha value is -2.42. The molecule has 0 saturated heterocycles. The summed E-state index contributed by atoms with van der Waals surface area (Å²) >= 11 is 0. The van der Waals surface area contributed by atoms with Gasteiger partial charge in [0.25, 0.3) is 0 Å². The van der Waals surface area contributed by atoms with Crippen LogP contribution in [0, 0.1) is 5.82 Å². The van der Waals surface area contributed by atoms with Crippen molar-refractivity contribution in [2.24, 2.45) is 4.99 Å². The zero-order chi connectivity index (χ0) is 19.8. The number of aromatic nitrogens is 2. The van der Waals surface area contributed by atoms with Crippen molar-refractivity contribution >= 4 is 29.9 Å². The summed E-state index contributed by atoms with van der Waals surface area (Å²) in [5.74, 6) is 0.537. The van der Waals surface area contributed by atoms with E-state index < -0.39 is 0 Å². The van der Waals surface area contributed by atoms with E-state index in [-0.39, 0.29) is 35.8 Å². The van der Waals surface area contributed by atoms with E-state index in [0.29, 0.717) is 6.54 Å². The molecule has 0 radical (unpaired) electrons. The van der Waals surface area contributed by atoms with Crippen LogP contribution in [0.5, 0.6) is 0 Å². The molecule has 154 valence electrons. The second kappa shape index (κ2) is 11.5. The number of rotatable bonds is 7. The molecular formula is C22H27FIN5. The highest BCUT2D eigenvalue weighted by Gasteiger charge is 2.07. The van der Waals surface area contributed by atoms with Crippen LogP contribution >= 0.6 is 24.0 Å². The topological polar surface area (TPSA) is 54.2 Å². The van der Waals surface area contributed by atoms with Crippen LogP contribution in [0.1, 0.15) is 31.1 Å². The maximum absolute atomic E-state index is 13.1. The molecule has 29 heavy (non-hydrogen) atoms. The molecule has 0 bridgehead atoms. The molecule has 0 spiro atoms. The number of nitrogens with one attached hydrogen (secondary N) is 2. The first-order valence-corrected chi connectivity index (χ1v) is 9.56. The van der Waals surface area contributed by atoms with Crippen LogP contribution in [0.25, 0.3) is 5.69 Å². The lowest BCUT2D eigenvalue weighted by Gasteiger charge is -2.18. The van der Waals surface area contributed by atoms with Crippen molar-refractivity contribution in [3.05, 3.63) is 83.9 Å². The highest BCUT2D eigenvalue weighted by molar-refractivity contribution is 14.0. The average molecular weight is 507 g/mol. The van der Waals surface area contributed by atoms with Gasteiger partial charge in [-0.2, -0.15) is 5.10 Å². The molecule has 2 N–H and O–H groups in total. The number of aliphatic imine (C=N–C) groups is 1. The van der Waals surface area contributed by atoms with Gasteiger partial charge in [-0.15, -0.1) is 24.0 Å². The van der Waals surface area contributed by atoms with Crippen molar-refractivity contribution in [2.75, 3.05) is 13.1 Å². The van der Waals surface area contributed by atoms with Crippen molar-refractivity contribution in [2.45, 2.75) is 26.3 Å². The number of halogens is 2. The van der Waals surface area contributed by atoms with Gasteiger partial charge < -0.3 is 10.6 Å². The predicted molar refractivity (Wildman–Crippen MR) is 127 cm³/mol. The highest BCUT2D eigenvalue weighted by atomic mass is 127. The van der Waals surface area contributed by atoms with E-state index in [4.69, 9.17) is 0 Å². The minimum Gasteiger partial charge on any atom is -0.357 e. The largest absolute Gasteiger partial charge is 0.357 e. The fourth-order valence-electron chi connectivity index (χ4n) is 2.87. The molecule has 3 rings (SSSR count). The third kappa shape index (κ3) is 6.85. The summed E-state index contributed by atoms with van der Waals surface area (Å²) in [6, 6.07) is 18.7. The molecule has 1 atom stereocenters. The Kier molecular flexibility index (Phi) is 9.11. The Labute approximate surface area is 188 Å². The lowest BCUT2D eigenvalue weighted by Crippen LogP contribution is -2.38. The molecule has 1 unspecified atom stereocenters. The first-order chi connectivity index (χ1) is 13.7. The van der Waals surface area contributed by atoms with Crippen molar-refractivity contribution in [3.63, 3.8) is 0 Å². The van der Waals surface area contributed by atoms with Crippen LogP contribution in [-0.2, 0) is 6.42 Å². The number of guanidine groups is 1. The third-order valence-electron chi connectivity index (χ3n) is 4.37. The van der Waals surface area contributed by atoms with Gasteiger partial charge in [0, 0.05) is 25.7 Å². The molecule has 0 amide bonds. The summed E-state index contributed by atoms with van der Waals surface area (Å²) in [5.41, 5.74) is 2.99. The molecule has 2 aromatic carbocycles. The van der Waals surface area contributed by atoms with Crippen LogP contribution in [0.15, 0.2) is 71.9 Å². The molecular weight excluding hydrogens is 480 g/mol. The standard InChI is InChI=1S/C22H26FN5.HI/c1-3-24-22(26-17(2)18-7-5-4-6-8-18)25-15-13-20-14-16-28(27-20)21-11-9-19(23)10-12-21;/h4-12,14,16-17H,3,13,15H2,1-2H3,(H2,24,25,26);1H. The fourth-order valence-corrected chi connectivity index (χ4v) is 2.87. The first-order valence-electron chi connectivity index (χ1n) is 9.56. The number of hydrogen-bond acceptors (Lipinski definition) is 2. The maximum atomic E-state index is 13.1. The van der Waals surface area contributed by atoms with Gasteiger partial charge in [0.15, 0.2) is 5.96 Å². The van der Waals surface area contributed by atoms with E-state index in [1.165, 1.54) is 17.7 Å². The Morgan fingerprint density at radius 2 is 1.83 bits per heavy atom. The van der Waals surface area contributed by atoms with Gasteiger partial charge in [0.2, 0.25) is 0 Å². The normalized spacial score (nSPS) is 12.2. The summed E-state index contributed by atoms with van der Waals surface area (Å²) in [7, 11) is 0. The summed E-state index contributed by atoms with van der Waals surface area (Å²) in [4.78, 5) is 4.66. The van der Waals surface area contributed by atoms with Crippen LogP contribution in [0.3, 0.4) is 0 Å². The zero-order valence-electron chi connectivity index (χ0n) is 16.7. The van der Waals surface area contributed by atoms with E-state index in [9.17, 15) is 4.39 Å². The van der Waals surface area contributed by atoms with Gasteiger partial charge >= 0.3 is 0 Å². The zero-order valence-corrected chi connectivity index (χ0v) is 19.0. The van der Waals surface area contributed by atoms with E-state index in [2.05, 4.69) is 46.7 Å². The summed E-state index contributed by atoms with van der Waals surface area (Å²) < 4.78 is 14.8. The van der Waals surface area contributed by atoms with Gasteiger partial charge in [-0.05, 0) is 49.7 Å². The maximum Gasteiger partial charge on any atom is 0.191 e. The van der Waals surface area contributed by atoms with Crippen molar-refractivity contribution in [1.82, 2.24) is 20.4 Å². The molecule has 7 heteroatoms. The van der Waals surface area contributed by atoms with E-state index >= 15 is 0 Å². The summed E-state index contributed by atoms with van der Waals surface area (Å²) in [5, 5.41) is 11.3. The van der Waals surface area contributed by atoms with Gasteiger partial charge in [-0.1, -0.05) is 30.3 Å². The van der Waals surface area contributed by atoms with Gasteiger partial charge in [-0.3, -0.25) is 4.99 Å². The highest BCUT2D eigenvalue weighted by Crippen LogP contribution is 2.11. The van der Waals surface area contributed by atoms with Gasteiger partial charge in [0.05, 0.1) is 17.4 Å². The fraction of sp³-hybridized carbons (Fsp3) is 0.273. The molecule has 0 saturated carbocycles. The van der Waals surface area contributed by atoms with E-state index in [1.807, 2.05) is 30.5 Å². The van der Waals surface area contributed by atoms with Crippen LogP contribution in [0.2, 0.25) is 0 Å². The van der Waals surface area contributed by atoms with E-state index in [0.717, 1.165) is 30.3 Å². The van der Waals surface area contributed by atoms with Crippen LogP contribution in [-0.4, -0.2) is 28.8 Å². The molecule has 3 aromatic rings. The minimum absolute atomic E-state index is 0. The Morgan fingerprint density at radius 3 is 2.52 bits per heavy atom. The average Bonchev–Trinajstić information content (AvgIpc) is 3.18. The molecule has 0 aliphatic heterocycles. The van der Waals surface area contributed by atoms with Crippen molar-refractivity contribution in [3.8, 4) is 5.69 Å². The Bertz CT molecular complexity index is 893. The third-order valence-corrected chi connectivity index (χ3v) is 4.37. The molecule has 1 aromatic heterocycles. The van der Waals surface area contributed by atoms with Crippen LogP contribution < -0.4 is 10.6 Å². The predicted octanol–water partition coefficient (Wildman–Crippen LogP) is 4.49. The summed E-state index contributed by atoms with van der Waals surface area (Å²) in [6.07, 6.45) is 2.61. The van der Waals surface area contributed by atoms with Crippen molar-refractivity contribution in [1.29, 1.82) is 0 Å². The first kappa shape index (κ1) is 22.9. The summed E-state index contributed by atoms with van der Waals surface area (Å²) in [6.45, 7) is 5.59. The van der Waals surface area contributed by atoms with Gasteiger partial charge in [-0.25, -0.2) is 9.07 Å². The lowest BCUT2D eigenvalue weighted by atomic mass is 10.1. The van der Waals surface area contributed by atoms with E-state index in [1.54, 1.807) is 16.8 Å². The smallest absolute Gasteiger partial charge is 0.191 e. The molecule has 0 fully saturated rings. The van der Waals surface area contributed by atoms with Gasteiger partial charge in [0.1, 0.15) is 5.82 Å². The molecule has 0 aliphatic carbocycles. The second-order valence-electron chi connectivity index (χ2n) is 6.52. The quantitative estimate of drug-likeness (QED) is 0.282. The van der Waals surface area contributed by atoms with Crippen molar-refractivity contribution < 1.29 is 4.39 Å². The SMILES string of the molecule is CCNC(=NCCc1ccn(-c2ccc(F)cc2)n1)NC(C)c1ccccc1.I. The number of nitrogens with zero attached hydrogens (tertiary/aromatic N) is 3. The monoisotopic (exact) mass is 507 g/mol. The van der Waals surface area contributed by atoms with Crippen LogP contribution in [0.4, 0.5) is 4.39 Å². The Balaban J connectivity index is 0.00000300. The number of benzene rings is 2. The second-order valence-corrected chi connectivity index (χ2v) is 6.52. The minimum atomic E-state index is -0.251.